The molecule has 3 heterocycles. The van der Waals surface area contributed by atoms with Crippen LogP contribution in [-0.4, -0.2) is 62.9 Å². The molecule has 1 aromatic rings. The highest BCUT2D eigenvalue weighted by atomic mass is 32.2. The number of nitrogens with one attached hydrogen (secondary N) is 2. The first kappa shape index (κ1) is 20.8. The van der Waals surface area contributed by atoms with Crippen LogP contribution in [0.3, 0.4) is 0 Å². The Hall–Kier alpha value is -2.46. The van der Waals surface area contributed by atoms with Gasteiger partial charge in [0.1, 0.15) is 0 Å². The van der Waals surface area contributed by atoms with Crippen molar-refractivity contribution < 1.29 is 22.8 Å². The standard InChI is InChI=1S/C20H26N4O5S/c1-30(28,29)23-7-4-13(5-8-23)12-21-19(26)20(27)22-16-9-14-3-2-6-24-17(25)11-15(10-16)18(14)24/h9-10,13H,2-8,11-12H2,1H3,(H,21,26)(H,22,27). The summed E-state index contributed by atoms with van der Waals surface area (Å²) in [5.74, 6) is -1.24. The monoisotopic (exact) mass is 434 g/mol. The molecule has 0 unspecified atom stereocenters. The van der Waals surface area contributed by atoms with Gasteiger partial charge < -0.3 is 15.5 Å². The smallest absolute Gasteiger partial charge is 0.313 e. The lowest BCUT2D eigenvalue weighted by molar-refractivity contribution is -0.136. The Labute approximate surface area is 175 Å². The van der Waals surface area contributed by atoms with Crippen LogP contribution in [0, 0.1) is 5.92 Å². The van der Waals surface area contributed by atoms with E-state index in [2.05, 4.69) is 10.6 Å². The molecule has 3 amide bonds. The van der Waals surface area contributed by atoms with E-state index in [9.17, 15) is 22.8 Å². The molecule has 1 aromatic carbocycles. The minimum absolute atomic E-state index is 0.0779. The van der Waals surface area contributed by atoms with Crippen molar-refractivity contribution in [3.8, 4) is 0 Å². The van der Waals surface area contributed by atoms with Gasteiger partial charge in [0.15, 0.2) is 0 Å². The lowest BCUT2D eigenvalue weighted by Gasteiger charge is -2.30. The highest BCUT2D eigenvalue weighted by Gasteiger charge is 2.32. The van der Waals surface area contributed by atoms with Crippen LogP contribution in [0.25, 0.3) is 0 Å². The summed E-state index contributed by atoms with van der Waals surface area (Å²) < 4.78 is 24.6. The number of hydrogen-bond acceptors (Lipinski definition) is 5. The average Bonchev–Trinajstić information content (AvgIpc) is 3.02. The molecule has 10 heteroatoms. The van der Waals surface area contributed by atoms with Crippen molar-refractivity contribution in [2.75, 3.05) is 42.7 Å². The number of nitrogens with zero attached hydrogens (tertiary/aromatic N) is 2. The number of carbonyl (C=O) groups is 3. The van der Waals surface area contributed by atoms with Gasteiger partial charge in [-0.3, -0.25) is 14.4 Å². The van der Waals surface area contributed by atoms with Gasteiger partial charge in [0.05, 0.1) is 18.4 Å². The third kappa shape index (κ3) is 4.20. The van der Waals surface area contributed by atoms with E-state index in [0.29, 0.717) is 44.6 Å². The number of hydrogen-bond donors (Lipinski definition) is 2. The normalized spacial score (nSPS) is 19.5. The molecule has 30 heavy (non-hydrogen) atoms. The Morgan fingerprint density at radius 2 is 1.80 bits per heavy atom. The van der Waals surface area contributed by atoms with E-state index >= 15 is 0 Å². The van der Waals surface area contributed by atoms with Crippen molar-refractivity contribution in [2.45, 2.75) is 32.1 Å². The zero-order valence-electron chi connectivity index (χ0n) is 16.9. The van der Waals surface area contributed by atoms with Crippen molar-refractivity contribution in [2.24, 2.45) is 5.92 Å². The van der Waals surface area contributed by atoms with Gasteiger partial charge in [-0.15, -0.1) is 0 Å². The number of sulfonamides is 1. The topological polar surface area (TPSA) is 116 Å². The molecule has 3 aliphatic heterocycles. The Kier molecular flexibility index (Phi) is 5.54. The molecule has 9 nitrogen and oxygen atoms in total. The summed E-state index contributed by atoms with van der Waals surface area (Å²) in [6, 6.07) is 3.61. The molecule has 0 spiro atoms. The van der Waals surface area contributed by atoms with E-state index in [4.69, 9.17) is 0 Å². The maximum Gasteiger partial charge on any atom is 0.313 e. The van der Waals surface area contributed by atoms with Crippen LogP contribution in [0.15, 0.2) is 12.1 Å². The summed E-state index contributed by atoms with van der Waals surface area (Å²) in [6.07, 6.45) is 4.54. The molecule has 162 valence electrons. The van der Waals surface area contributed by atoms with Gasteiger partial charge in [0.2, 0.25) is 15.9 Å². The quantitative estimate of drug-likeness (QED) is 0.659. The highest BCUT2D eigenvalue weighted by molar-refractivity contribution is 7.88. The Morgan fingerprint density at radius 3 is 2.50 bits per heavy atom. The number of rotatable bonds is 4. The number of aryl methyl sites for hydroxylation is 1. The van der Waals surface area contributed by atoms with E-state index in [0.717, 1.165) is 36.2 Å². The number of carbonyl (C=O) groups excluding carboxylic acids is 3. The molecule has 0 aromatic heterocycles. The summed E-state index contributed by atoms with van der Waals surface area (Å²) in [5.41, 5.74) is 3.42. The van der Waals surface area contributed by atoms with Gasteiger partial charge in [0, 0.05) is 31.9 Å². The Bertz CT molecular complexity index is 999. The van der Waals surface area contributed by atoms with E-state index in [1.807, 2.05) is 11.0 Å². The fourth-order valence-electron chi connectivity index (χ4n) is 4.50. The molecule has 0 radical (unpaired) electrons. The summed E-state index contributed by atoms with van der Waals surface area (Å²) in [6.45, 7) is 1.93. The molecule has 3 aliphatic rings. The fourth-order valence-corrected chi connectivity index (χ4v) is 5.38. The lowest BCUT2D eigenvalue weighted by Crippen LogP contribution is -2.43. The van der Waals surface area contributed by atoms with Gasteiger partial charge in [0.25, 0.3) is 0 Å². The van der Waals surface area contributed by atoms with Gasteiger partial charge in [-0.25, -0.2) is 12.7 Å². The number of anilines is 2. The van der Waals surface area contributed by atoms with Crippen LogP contribution in [0.4, 0.5) is 11.4 Å². The Morgan fingerprint density at radius 1 is 1.10 bits per heavy atom. The first-order valence-corrected chi connectivity index (χ1v) is 12.1. The van der Waals surface area contributed by atoms with Crippen LogP contribution < -0.4 is 15.5 Å². The molecule has 1 fully saturated rings. The predicted octanol–water partition coefficient (Wildman–Crippen LogP) is 0.248. The molecule has 0 bridgehead atoms. The molecule has 0 saturated carbocycles. The summed E-state index contributed by atoms with van der Waals surface area (Å²) >= 11 is 0. The van der Waals surface area contributed by atoms with Crippen molar-refractivity contribution in [1.29, 1.82) is 0 Å². The number of benzene rings is 1. The zero-order valence-corrected chi connectivity index (χ0v) is 17.8. The molecule has 4 rings (SSSR count). The second-order valence-electron chi connectivity index (χ2n) is 8.24. The third-order valence-corrected chi connectivity index (χ3v) is 7.37. The maximum atomic E-state index is 12.3. The molecule has 1 saturated heterocycles. The maximum absolute atomic E-state index is 12.3. The lowest BCUT2D eigenvalue weighted by atomic mass is 9.98. The average molecular weight is 435 g/mol. The molecule has 0 aliphatic carbocycles. The highest BCUT2D eigenvalue weighted by Crippen LogP contribution is 2.38. The molecular weight excluding hydrogens is 408 g/mol. The fraction of sp³-hybridized carbons (Fsp3) is 0.550. The zero-order chi connectivity index (χ0) is 21.5. The third-order valence-electron chi connectivity index (χ3n) is 6.07. The van der Waals surface area contributed by atoms with Crippen molar-refractivity contribution >= 4 is 39.1 Å². The first-order chi connectivity index (χ1) is 14.2. The van der Waals surface area contributed by atoms with Gasteiger partial charge >= 0.3 is 11.8 Å². The van der Waals surface area contributed by atoms with E-state index in [-0.39, 0.29) is 11.8 Å². The first-order valence-electron chi connectivity index (χ1n) is 10.2. The van der Waals surface area contributed by atoms with Crippen molar-refractivity contribution in [3.63, 3.8) is 0 Å². The molecule has 2 N–H and O–H groups in total. The van der Waals surface area contributed by atoms with Crippen molar-refractivity contribution in [3.05, 3.63) is 23.3 Å². The molecular formula is C20H26N4O5S. The van der Waals surface area contributed by atoms with Crippen LogP contribution >= 0.6 is 0 Å². The van der Waals surface area contributed by atoms with Crippen LogP contribution in [-0.2, 0) is 37.2 Å². The van der Waals surface area contributed by atoms with Gasteiger partial charge in [-0.2, -0.15) is 0 Å². The van der Waals surface area contributed by atoms with Gasteiger partial charge in [-0.1, -0.05) is 0 Å². The van der Waals surface area contributed by atoms with Crippen LogP contribution in [0.5, 0.6) is 0 Å². The van der Waals surface area contributed by atoms with Crippen LogP contribution in [0.1, 0.15) is 30.4 Å². The number of piperidine rings is 1. The van der Waals surface area contributed by atoms with E-state index in [1.165, 1.54) is 10.6 Å². The predicted molar refractivity (Wildman–Crippen MR) is 112 cm³/mol. The van der Waals surface area contributed by atoms with E-state index in [1.54, 1.807) is 6.07 Å². The minimum atomic E-state index is -3.18. The second kappa shape index (κ2) is 7.99. The largest absolute Gasteiger partial charge is 0.348 e. The molecule has 0 atom stereocenters. The van der Waals surface area contributed by atoms with Gasteiger partial charge in [-0.05, 0) is 54.9 Å². The summed E-state index contributed by atoms with van der Waals surface area (Å²) in [7, 11) is -3.18. The van der Waals surface area contributed by atoms with Crippen molar-refractivity contribution in [1.82, 2.24) is 9.62 Å². The second-order valence-corrected chi connectivity index (χ2v) is 10.2. The van der Waals surface area contributed by atoms with Crippen LogP contribution in [0.2, 0.25) is 0 Å². The SMILES string of the molecule is CS(=O)(=O)N1CCC(CNC(=O)C(=O)Nc2cc3c4c(c2)CC(=O)N4CCC3)CC1. The summed E-state index contributed by atoms with van der Waals surface area (Å²) in [5, 5.41) is 5.30. The van der Waals surface area contributed by atoms with E-state index < -0.39 is 21.8 Å². The number of amides is 3. The Balaban J connectivity index is 1.31. The minimum Gasteiger partial charge on any atom is -0.348 e. The summed E-state index contributed by atoms with van der Waals surface area (Å²) in [4.78, 5) is 38.5.